The van der Waals surface area contributed by atoms with Gasteiger partial charge >= 0.3 is 11.7 Å². The second-order valence-corrected chi connectivity index (χ2v) is 6.93. The van der Waals surface area contributed by atoms with Gasteiger partial charge in [-0.1, -0.05) is 48.5 Å². The van der Waals surface area contributed by atoms with Crippen LogP contribution < -0.4 is 5.32 Å². The van der Waals surface area contributed by atoms with Crippen molar-refractivity contribution in [2.24, 2.45) is 4.99 Å². The van der Waals surface area contributed by atoms with Crippen LogP contribution in [0.3, 0.4) is 0 Å². The summed E-state index contributed by atoms with van der Waals surface area (Å²) in [6.45, 7) is 0. The normalized spacial score (nSPS) is 18.3. The first kappa shape index (κ1) is 16.6. The molecule has 0 saturated heterocycles. The molecule has 0 amide bonds. The number of rotatable bonds is 5. The van der Waals surface area contributed by atoms with E-state index >= 15 is 0 Å². The highest BCUT2D eigenvalue weighted by atomic mass is 16.3. The number of allylic oxidation sites excluding steroid dienone is 1. The number of benzene rings is 2. The van der Waals surface area contributed by atoms with Crippen molar-refractivity contribution in [3.05, 3.63) is 108 Å². The summed E-state index contributed by atoms with van der Waals surface area (Å²) in [5.74, 6) is 1.76. The molecule has 2 N–H and O–H groups in total. The quantitative estimate of drug-likeness (QED) is 0.674. The highest BCUT2D eigenvalue weighted by Crippen LogP contribution is 2.25. The van der Waals surface area contributed by atoms with Gasteiger partial charge in [0.15, 0.2) is 5.71 Å². The van der Waals surface area contributed by atoms with Gasteiger partial charge in [-0.05, 0) is 34.8 Å². The van der Waals surface area contributed by atoms with Crippen LogP contribution in [0.25, 0.3) is 0 Å². The molecule has 1 aromatic heterocycles. The van der Waals surface area contributed by atoms with Crippen molar-refractivity contribution in [2.75, 3.05) is 0 Å². The maximum Gasteiger partial charge on any atom is 0.335 e. The van der Waals surface area contributed by atoms with Gasteiger partial charge in [-0.2, -0.15) is 4.58 Å². The molecular weight excluding hydrogens is 350 g/mol. The standard InChI is InChI=1S/C23H19N3O2/c27-23-20(15-18-12-7-13-28-18)25-22-19(14-16-8-3-1-4-9-16)24-21(26(22)23)17-10-5-2-6-11-17/h1-13,22,25H,14-15H2/p+1. The summed E-state index contributed by atoms with van der Waals surface area (Å²) in [6.07, 6.45) is 2.67. The van der Waals surface area contributed by atoms with E-state index in [0.717, 1.165) is 28.6 Å². The van der Waals surface area contributed by atoms with Gasteiger partial charge in [-0.3, -0.25) is 0 Å². The second-order valence-electron chi connectivity index (χ2n) is 6.93. The third-order valence-corrected chi connectivity index (χ3v) is 5.05. The van der Waals surface area contributed by atoms with Crippen LogP contribution in [-0.4, -0.2) is 27.4 Å². The van der Waals surface area contributed by atoms with E-state index in [1.165, 1.54) is 5.56 Å². The Morgan fingerprint density at radius 3 is 2.39 bits per heavy atom. The Morgan fingerprint density at radius 2 is 1.68 bits per heavy atom. The molecule has 0 radical (unpaired) electrons. The van der Waals surface area contributed by atoms with Crippen LogP contribution >= 0.6 is 0 Å². The molecule has 0 fully saturated rings. The van der Waals surface area contributed by atoms with Gasteiger partial charge in [0, 0.05) is 6.42 Å². The SMILES string of the molecule is OC1=C(Cc2ccco2)NC2C(Cc3ccccc3)=NC(c3ccccc3)=[N+]12. The van der Waals surface area contributed by atoms with Crippen LogP contribution in [0, 0.1) is 0 Å². The van der Waals surface area contributed by atoms with E-state index < -0.39 is 0 Å². The Labute approximate surface area is 163 Å². The molecule has 2 aliphatic rings. The average molecular weight is 370 g/mol. The van der Waals surface area contributed by atoms with Crippen LogP contribution in [0.2, 0.25) is 0 Å². The molecule has 2 aliphatic heterocycles. The van der Waals surface area contributed by atoms with E-state index in [1.54, 1.807) is 6.26 Å². The Morgan fingerprint density at radius 1 is 0.929 bits per heavy atom. The number of aliphatic imine (C=N–C) groups is 1. The minimum atomic E-state index is -0.194. The summed E-state index contributed by atoms with van der Waals surface area (Å²) in [5.41, 5.74) is 3.89. The van der Waals surface area contributed by atoms with Crippen molar-refractivity contribution in [1.29, 1.82) is 0 Å². The van der Waals surface area contributed by atoms with E-state index in [9.17, 15) is 5.11 Å². The zero-order valence-corrected chi connectivity index (χ0v) is 15.2. The van der Waals surface area contributed by atoms with Gasteiger partial charge in [-0.25, -0.2) is 0 Å². The van der Waals surface area contributed by atoms with E-state index in [0.29, 0.717) is 12.8 Å². The van der Waals surface area contributed by atoms with Gasteiger partial charge in [0.1, 0.15) is 11.5 Å². The summed E-state index contributed by atoms with van der Waals surface area (Å²) in [5, 5.41) is 14.4. The molecule has 0 bridgehead atoms. The topological polar surface area (TPSA) is 60.8 Å². The lowest BCUT2D eigenvalue weighted by molar-refractivity contribution is -0.516. The first-order chi connectivity index (χ1) is 13.8. The number of nitrogens with one attached hydrogen (secondary N) is 1. The number of nitrogens with zero attached hydrogens (tertiary/aromatic N) is 2. The fourth-order valence-corrected chi connectivity index (χ4v) is 3.72. The highest BCUT2D eigenvalue weighted by Gasteiger charge is 2.46. The Hall–Kier alpha value is -3.60. The zero-order valence-electron chi connectivity index (χ0n) is 15.2. The Balaban J connectivity index is 1.54. The molecule has 3 heterocycles. The summed E-state index contributed by atoms with van der Waals surface area (Å²) in [4.78, 5) is 4.90. The molecule has 28 heavy (non-hydrogen) atoms. The van der Waals surface area contributed by atoms with E-state index in [2.05, 4.69) is 17.4 Å². The molecule has 138 valence electrons. The molecule has 5 rings (SSSR count). The summed E-state index contributed by atoms with van der Waals surface area (Å²) < 4.78 is 7.34. The molecule has 0 saturated carbocycles. The van der Waals surface area contributed by atoms with Crippen LogP contribution in [0.1, 0.15) is 16.9 Å². The third-order valence-electron chi connectivity index (χ3n) is 5.05. The average Bonchev–Trinajstić information content (AvgIpc) is 3.44. The number of fused-ring (bicyclic) bond motifs is 1. The van der Waals surface area contributed by atoms with Gasteiger partial charge < -0.3 is 14.8 Å². The molecule has 2 aromatic carbocycles. The monoisotopic (exact) mass is 370 g/mol. The summed E-state index contributed by atoms with van der Waals surface area (Å²) in [7, 11) is 0. The van der Waals surface area contributed by atoms with Crippen molar-refractivity contribution in [1.82, 2.24) is 5.32 Å². The number of aliphatic hydroxyl groups is 1. The fraction of sp³-hybridized carbons (Fsp3) is 0.130. The van der Waals surface area contributed by atoms with Crippen molar-refractivity contribution in [3.63, 3.8) is 0 Å². The second kappa shape index (κ2) is 6.85. The highest BCUT2D eigenvalue weighted by molar-refractivity contribution is 6.09. The molecule has 1 atom stereocenters. The summed E-state index contributed by atoms with van der Waals surface area (Å²) in [6, 6.07) is 24.0. The van der Waals surface area contributed by atoms with Gasteiger partial charge in [-0.15, -0.1) is 0 Å². The van der Waals surface area contributed by atoms with E-state index in [4.69, 9.17) is 9.41 Å². The number of furan rings is 1. The fourth-order valence-electron chi connectivity index (χ4n) is 3.72. The first-order valence-electron chi connectivity index (χ1n) is 9.33. The minimum Gasteiger partial charge on any atom is -0.476 e. The minimum absolute atomic E-state index is 0.194. The van der Waals surface area contributed by atoms with Crippen LogP contribution in [0.15, 0.2) is 100 Å². The maximum atomic E-state index is 11.0. The smallest absolute Gasteiger partial charge is 0.335 e. The molecule has 1 unspecified atom stereocenters. The van der Waals surface area contributed by atoms with Crippen LogP contribution in [-0.2, 0) is 12.8 Å². The third kappa shape index (κ3) is 2.91. The first-order valence-corrected chi connectivity index (χ1v) is 9.33. The van der Waals surface area contributed by atoms with Crippen LogP contribution in [0.5, 0.6) is 0 Å². The Kier molecular flexibility index (Phi) is 4.05. The summed E-state index contributed by atoms with van der Waals surface area (Å²) >= 11 is 0. The molecule has 0 aliphatic carbocycles. The predicted molar refractivity (Wildman–Crippen MR) is 107 cm³/mol. The lowest BCUT2D eigenvalue weighted by atomic mass is 10.1. The molecule has 5 heteroatoms. The number of hydrogen-bond donors (Lipinski definition) is 2. The predicted octanol–water partition coefficient (Wildman–Crippen LogP) is 3.64. The van der Waals surface area contributed by atoms with Gasteiger partial charge in [0.25, 0.3) is 0 Å². The Bertz CT molecular complexity index is 1080. The van der Waals surface area contributed by atoms with Crippen LogP contribution in [0.4, 0.5) is 0 Å². The lowest BCUT2D eigenvalue weighted by Crippen LogP contribution is -2.38. The van der Waals surface area contributed by atoms with Gasteiger partial charge in [0.2, 0.25) is 6.17 Å². The van der Waals surface area contributed by atoms with Crippen molar-refractivity contribution in [2.45, 2.75) is 19.0 Å². The largest absolute Gasteiger partial charge is 0.476 e. The lowest BCUT2D eigenvalue weighted by Gasteiger charge is -2.07. The maximum absolute atomic E-state index is 11.0. The zero-order chi connectivity index (χ0) is 18.9. The van der Waals surface area contributed by atoms with Crippen molar-refractivity contribution >= 4 is 11.5 Å². The number of aliphatic hydroxyl groups excluding tert-OH is 1. The molecular formula is C23H20N3O2+. The number of hydrogen-bond acceptors (Lipinski definition) is 4. The van der Waals surface area contributed by atoms with Crippen molar-refractivity contribution in [3.8, 4) is 0 Å². The van der Waals surface area contributed by atoms with E-state index in [-0.39, 0.29) is 12.0 Å². The van der Waals surface area contributed by atoms with Gasteiger partial charge in [0.05, 0.1) is 18.2 Å². The molecule has 3 aromatic rings. The number of amidine groups is 1. The molecule has 5 nitrogen and oxygen atoms in total. The van der Waals surface area contributed by atoms with E-state index in [1.807, 2.05) is 65.2 Å². The molecule has 0 spiro atoms. The van der Waals surface area contributed by atoms with Crippen molar-refractivity contribution < 1.29 is 14.1 Å².